The molecule has 5 nitrogen and oxygen atoms in total. The first kappa shape index (κ1) is 18.9. The average Bonchev–Trinajstić information content (AvgIpc) is 3.54. The molecule has 4 rings (SSSR count). The SMILES string of the molecule is COc1cccc(C(C)N2CC(CC(=O)c3cc(C4CC4)ccn3)C2)c1OC. The first-order chi connectivity index (χ1) is 13.6. The third-order valence-corrected chi connectivity index (χ3v) is 6.01. The first-order valence-electron chi connectivity index (χ1n) is 10.0. The molecule has 5 heteroatoms. The number of ether oxygens (including phenoxy) is 2. The van der Waals surface area contributed by atoms with Gasteiger partial charge in [0.15, 0.2) is 17.3 Å². The van der Waals surface area contributed by atoms with E-state index in [-0.39, 0.29) is 11.8 Å². The van der Waals surface area contributed by atoms with Gasteiger partial charge in [-0.3, -0.25) is 14.7 Å². The van der Waals surface area contributed by atoms with Gasteiger partial charge in [0.05, 0.1) is 14.2 Å². The summed E-state index contributed by atoms with van der Waals surface area (Å²) in [6, 6.07) is 10.2. The van der Waals surface area contributed by atoms with Crippen LogP contribution in [-0.2, 0) is 0 Å². The number of rotatable bonds is 8. The fourth-order valence-corrected chi connectivity index (χ4v) is 4.13. The van der Waals surface area contributed by atoms with Crippen molar-refractivity contribution in [2.75, 3.05) is 27.3 Å². The normalized spacial score (nSPS) is 18.4. The number of ketones is 1. The van der Waals surface area contributed by atoms with E-state index in [2.05, 4.69) is 22.9 Å². The lowest BCUT2D eigenvalue weighted by atomic mass is 9.89. The highest BCUT2D eigenvalue weighted by molar-refractivity contribution is 5.94. The van der Waals surface area contributed by atoms with Crippen LogP contribution >= 0.6 is 0 Å². The number of likely N-dealkylation sites (tertiary alicyclic amines) is 1. The Kier molecular flexibility index (Phi) is 5.36. The second kappa shape index (κ2) is 7.92. The molecule has 0 radical (unpaired) electrons. The van der Waals surface area contributed by atoms with Crippen molar-refractivity contribution in [1.82, 2.24) is 9.88 Å². The van der Waals surface area contributed by atoms with Crippen LogP contribution in [0.3, 0.4) is 0 Å². The summed E-state index contributed by atoms with van der Waals surface area (Å²) in [5.41, 5.74) is 3.02. The zero-order chi connectivity index (χ0) is 19.7. The first-order valence-corrected chi connectivity index (χ1v) is 10.0. The molecule has 2 aromatic rings. The third kappa shape index (κ3) is 3.76. The van der Waals surface area contributed by atoms with E-state index in [4.69, 9.17) is 9.47 Å². The van der Waals surface area contributed by atoms with Gasteiger partial charge in [0, 0.05) is 37.3 Å². The van der Waals surface area contributed by atoms with Crippen LogP contribution in [0.4, 0.5) is 0 Å². The van der Waals surface area contributed by atoms with Gasteiger partial charge in [-0.1, -0.05) is 12.1 Å². The van der Waals surface area contributed by atoms with E-state index in [1.54, 1.807) is 20.4 Å². The molecule has 0 amide bonds. The smallest absolute Gasteiger partial charge is 0.181 e. The molecule has 0 bridgehead atoms. The molecule has 1 aliphatic heterocycles. The van der Waals surface area contributed by atoms with Crippen molar-refractivity contribution < 1.29 is 14.3 Å². The molecule has 2 heterocycles. The molecule has 28 heavy (non-hydrogen) atoms. The quantitative estimate of drug-likeness (QED) is 0.641. The van der Waals surface area contributed by atoms with Crippen LogP contribution in [0.5, 0.6) is 11.5 Å². The van der Waals surface area contributed by atoms with Gasteiger partial charge in [0.2, 0.25) is 0 Å². The molecule has 1 unspecified atom stereocenters. The van der Waals surface area contributed by atoms with Gasteiger partial charge in [-0.2, -0.15) is 0 Å². The van der Waals surface area contributed by atoms with Crippen molar-refractivity contribution in [3.63, 3.8) is 0 Å². The molecule has 1 aromatic heterocycles. The van der Waals surface area contributed by atoms with Gasteiger partial charge in [-0.25, -0.2) is 0 Å². The second-order valence-electron chi connectivity index (χ2n) is 7.95. The van der Waals surface area contributed by atoms with Crippen molar-refractivity contribution >= 4 is 5.78 Å². The highest BCUT2D eigenvalue weighted by Gasteiger charge is 2.34. The van der Waals surface area contributed by atoms with Crippen molar-refractivity contribution in [3.05, 3.63) is 53.3 Å². The van der Waals surface area contributed by atoms with Crippen LogP contribution in [0.2, 0.25) is 0 Å². The Morgan fingerprint density at radius 3 is 2.68 bits per heavy atom. The average molecular weight is 380 g/mol. The van der Waals surface area contributed by atoms with Gasteiger partial charge in [0.25, 0.3) is 0 Å². The summed E-state index contributed by atoms with van der Waals surface area (Å²) in [5.74, 6) is 2.74. The van der Waals surface area contributed by atoms with Crippen LogP contribution < -0.4 is 9.47 Å². The Morgan fingerprint density at radius 2 is 2.00 bits per heavy atom. The fraction of sp³-hybridized carbons (Fsp3) is 0.478. The molecule has 1 saturated heterocycles. The number of carbonyl (C=O) groups is 1. The van der Waals surface area contributed by atoms with E-state index < -0.39 is 0 Å². The van der Waals surface area contributed by atoms with Crippen molar-refractivity contribution in [3.8, 4) is 11.5 Å². The molecule has 2 aliphatic rings. The van der Waals surface area contributed by atoms with E-state index in [9.17, 15) is 4.79 Å². The summed E-state index contributed by atoms with van der Waals surface area (Å²) < 4.78 is 11.0. The van der Waals surface area contributed by atoms with E-state index in [0.29, 0.717) is 24.0 Å². The highest BCUT2D eigenvalue weighted by atomic mass is 16.5. The molecule has 1 saturated carbocycles. The largest absolute Gasteiger partial charge is 0.493 e. The third-order valence-electron chi connectivity index (χ3n) is 6.01. The van der Waals surface area contributed by atoms with Gasteiger partial charge in [-0.15, -0.1) is 0 Å². The summed E-state index contributed by atoms with van der Waals surface area (Å²) >= 11 is 0. The minimum atomic E-state index is 0.166. The monoisotopic (exact) mass is 380 g/mol. The minimum Gasteiger partial charge on any atom is -0.493 e. The zero-order valence-electron chi connectivity index (χ0n) is 16.9. The second-order valence-corrected chi connectivity index (χ2v) is 7.95. The predicted molar refractivity (Wildman–Crippen MR) is 108 cm³/mol. The van der Waals surface area contributed by atoms with E-state index in [1.165, 1.54) is 18.4 Å². The minimum absolute atomic E-state index is 0.166. The number of hydrogen-bond donors (Lipinski definition) is 0. The Hall–Kier alpha value is -2.40. The highest BCUT2D eigenvalue weighted by Crippen LogP contribution is 2.41. The maximum absolute atomic E-state index is 12.7. The molecule has 2 fully saturated rings. The zero-order valence-corrected chi connectivity index (χ0v) is 16.9. The summed E-state index contributed by atoms with van der Waals surface area (Å²) in [7, 11) is 3.33. The fourth-order valence-electron chi connectivity index (χ4n) is 4.13. The summed E-state index contributed by atoms with van der Waals surface area (Å²) in [6.07, 6.45) is 4.83. The standard InChI is InChI=1S/C23H28N2O3/c1-15(19-5-4-6-22(27-2)23(19)28-3)25-13-16(14-25)11-21(26)20-12-18(9-10-24-20)17-7-8-17/h4-6,9-10,12,15-17H,7-8,11,13-14H2,1-3H3. The lowest BCUT2D eigenvalue weighted by Gasteiger charge is -2.43. The Balaban J connectivity index is 1.36. The predicted octanol–water partition coefficient (Wildman–Crippen LogP) is 4.24. The van der Waals surface area contributed by atoms with Gasteiger partial charge < -0.3 is 9.47 Å². The van der Waals surface area contributed by atoms with Crippen LogP contribution in [-0.4, -0.2) is 43.0 Å². The van der Waals surface area contributed by atoms with Crippen LogP contribution in [0.25, 0.3) is 0 Å². The Labute approximate surface area is 166 Å². The maximum atomic E-state index is 12.7. The summed E-state index contributed by atoms with van der Waals surface area (Å²) in [4.78, 5) is 19.3. The van der Waals surface area contributed by atoms with E-state index >= 15 is 0 Å². The Bertz CT molecular complexity index is 857. The molecule has 148 valence electrons. The number of aromatic nitrogens is 1. The van der Waals surface area contributed by atoms with Gasteiger partial charge in [0.1, 0.15) is 5.69 Å². The maximum Gasteiger partial charge on any atom is 0.181 e. The van der Waals surface area contributed by atoms with E-state index in [0.717, 1.165) is 30.2 Å². The molecular weight excluding hydrogens is 352 g/mol. The topological polar surface area (TPSA) is 51.7 Å². The van der Waals surface area contributed by atoms with Gasteiger partial charge in [-0.05, 0) is 55.4 Å². The number of para-hydroxylation sites is 1. The number of hydrogen-bond acceptors (Lipinski definition) is 5. The lowest BCUT2D eigenvalue weighted by molar-refractivity contribution is 0.0493. The molecule has 1 aromatic carbocycles. The summed E-state index contributed by atoms with van der Waals surface area (Å²) in [6.45, 7) is 4.00. The number of nitrogens with zero attached hydrogens (tertiary/aromatic N) is 2. The number of benzene rings is 1. The number of methoxy groups -OCH3 is 2. The Morgan fingerprint density at radius 1 is 1.21 bits per heavy atom. The van der Waals surface area contributed by atoms with Crippen molar-refractivity contribution in [2.45, 2.75) is 38.1 Å². The molecule has 1 atom stereocenters. The number of pyridine rings is 1. The van der Waals surface area contributed by atoms with Crippen LogP contribution in [0.1, 0.15) is 59.8 Å². The molecule has 0 spiro atoms. The van der Waals surface area contributed by atoms with Crippen molar-refractivity contribution in [1.29, 1.82) is 0 Å². The molecule has 1 aliphatic carbocycles. The van der Waals surface area contributed by atoms with Crippen LogP contribution in [0.15, 0.2) is 36.5 Å². The van der Waals surface area contributed by atoms with Crippen LogP contribution in [0, 0.1) is 5.92 Å². The number of Topliss-reactive ketones (excluding diaryl/α,β-unsaturated/α-hetero) is 1. The van der Waals surface area contributed by atoms with Gasteiger partial charge >= 0.3 is 0 Å². The molecule has 0 N–H and O–H groups in total. The molecular formula is C23H28N2O3. The lowest BCUT2D eigenvalue weighted by Crippen LogP contribution is -2.48. The summed E-state index contributed by atoms with van der Waals surface area (Å²) in [5, 5.41) is 0. The van der Waals surface area contributed by atoms with E-state index in [1.807, 2.05) is 24.3 Å². The van der Waals surface area contributed by atoms with Crippen molar-refractivity contribution in [2.24, 2.45) is 5.92 Å². The number of carbonyl (C=O) groups excluding carboxylic acids is 1.